The molecule has 0 aromatic heterocycles. The number of hydrogen-bond acceptors (Lipinski definition) is 1. The van der Waals surface area contributed by atoms with E-state index in [1.807, 2.05) is 0 Å². The van der Waals surface area contributed by atoms with Crippen LogP contribution < -0.4 is 0 Å². The molecular formula is C6H6FeO. The zero-order chi connectivity index (χ0) is 6.24. The molecule has 0 radical (unpaired) electrons. The van der Waals surface area contributed by atoms with Gasteiger partial charge in [0.1, 0.15) is 0 Å². The van der Waals surface area contributed by atoms with Gasteiger partial charge in [0.15, 0.2) is 0 Å². The van der Waals surface area contributed by atoms with Crippen LogP contribution in [-0.4, -0.2) is 4.79 Å². The van der Waals surface area contributed by atoms with Gasteiger partial charge >= 0.3 is 25.2 Å². The summed E-state index contributed by atoms with van der Waals surface area (Å²) in [6.45, 7) is 0. The molecule has 1 rings (SSSR count). The first kappa shape index (κ1) is 7.58. The Morgan fingerprint density at radius 2 is 1.75 bits per heavy atom. The van der Waals surface area contributed by atoms with E-state index < -0.39 is 0 Å². The van der Waals surface area contributed by atoms with Gasteiger partial charge in [0.25, 0.3) is 0 Å². The number of hydrogen-bond donors (Lipinski definition) is 0. The first-order valence-corrected chi connectivity index (χ1v) is 2.75. The maximum absolute atomic E-state index is 8.57. The van der Waals surface area contributed by atoms with Gasteiger partial charge in [-0.25, -0.2) is 0 Å². The molecule has 44 valence electrons. The average Bonchev–Trinajstić information content (AvgIpc) is 2.17. The summed E-state index contributed by atoms with van der Waals surface area (Å²) >= 11 is 2.68. The van der Waals surface area contributed by atoms with Crippen LogP contribution in [0.3, 0.4) is 0 Å². The summed E-state index contributed by atoms with van der Waals surface area (Å²) in [7, 11) is 0. The standard InChI is InChI=1S/C5H6.CO.Fe/c1-2-4-5-3-1;1-2;/h1-4H,5H2;;. The molecule has 0 atom stereocenters. The molecule has 0 saturated carbocycles. The molecule has 0 heterocycles. The average molecular weight is 150 g/mol. The molecule has 0 amide bonds. The molecule has 0 fully saturated rings. The van der Waals surface area contributed by atoms with E-state index in [4.69, 9.17) is 4.79 Å². The third-order valence-electron chi connectivity index (χ3n) is 0.655. The van der Waals surface area contributed by atoms with Crippen LogP contribution in [0.25, 0.3) is 0 Å². The second kappa shape index (κ2) is 6.58. The van der Waals surface area contributed by atoms with E-state index in [2.05, 4.69) is 39.9 Å². The first-order chi connectivity index (χ1) is 3.91. The molecule has 0 aromatic rings. The second-order valence-electron chi connectivity index (χ2n) is 1.16. The predicted molar refractivity (Wildman–Crippen MR) is 28.6 cm³/mol. The number of carbonyl (C=O) groups excluding carboxylic acids is 1. The molecular weight excluding hydrogens is 144 g/mol. The number of allylic oxidation sites excluding steroid dienone is 4. The van der Waals surface area contributed by atoms with Crippen molar-refractivity contribution in [2.45, 2.75) is 6.42 Å². The number of rotatable bonds is 0. The van der Waals surface area contributed by atoms with Gasteiger partial charge in [-0.2, -0.15) is 0 Å². The Balaban J connectivity index is 0.000000145. The van der Waals surface area contributed by atoms with Crippen molar-refractivity contribution in [3.63, 3.8) is 0 Å². The van der Waals surface area contributed by atoms with Crippen LogP contribution in [0.15, 0.2) is 24.3 Å². The van der Waals surface area contributed by atoms with E-state index in [0.29, 0.717) is 0 Å². The van der Waals surface area contributed by atoms with Gasteiger partial charge in [-0.1, -0.05) is 24.3 Å². The van der Waals surface area contributed by atoms with Gasteiger partial charge in [0.2, 0.25) is 0 Å². The third-order valence-corrected chi connectivity index (χ3v) is 0.655. The minimum absolute atomic E-state index is 1.14. The molecule has 0 N–H and O–H groups in total. The maximum atomic E-state index is 8.57. The molecule has 0 aromatic carbocycles. The second-order valence-corrected chi connectivity index (χ2v) is 1.39. The van der Waals surface area contributed by atoms with E-state index in [9.17, 15) is 0 Å². The van der Waals surface area contributed by atoms with Gasteiger partial charge in [0.05, 0.1) is 0 Å². The summed E-state index contributed by atoms with van der Waals surface area (Å²) in [6, 6.07) is 0. The van der Waals surface area contributed by atoms with Crippen LogP contribution in [0.4, 0.5) is 0 Å². The van der Waals surface area contributed by atoms with E-state index in [1.54, 1.807) is 0 Å². The Kier molecular flexibility index (Phi) is 6.23. The fraction of sp³-hybridized carbons (Fsp3) is 0.167. The topological polar surface area (TPSA) is 17.1 Å². The Labute approximate surface area is 56.4 Å². The fourth-order valence-electron chi connectivity index (χ4n) is 0.393. The predicted octanol–water partition coefficient (Wildman–Crippen LogP) is 1.10. The van der Waals surface area contributed by atoms with E-state index >= 15 is 0 Å². The zero-order valence-corrected chi connectivity index (χ0v) is 5.38. The van der Waals surface area contributed by atoms with Crippen LogP contribution in [0, 0.1) is 0 Å². The van der Waals surface area contributed by atoms with Crippen LogP contribution in [0.2, 0.25) is 0 Å². The summed E-state index contributed by atoms with van der Waals surface area (Å²) < 4.78 is 0. The Bertz CT molecular complexity index is 119. The first-order valence-electron chi connectivity index (χ1n) is 2.20. The summed E-state index contributed by atoms with van der Waals surface area (Å²) in [4.78, 5) is 9.82. The van der Waals surface area contributed by atoms with E-state index in [1.165, 1.54) is 4.79 Å². The molecule has 0 spiro atoms. The van der Waals surface area contributed by atoms with Crippen molar-refractivity contribution >= 4 is 4.79 Å². The molecule has 0 aliphatic heterocycles. The van der Waals surface area contributed by atoms with Crippen molar-refractivity contribution in [3.8, 4) is 0 Å². The Morgan fingerprint density at radius 3 is 1.88 bits per heavy atom. The van der Waals surface area contributed by atoms with Crippen LogP contribution >= 0.6 is 0 Å². The van der Waals surface area contributed by atoms with Crippen molar-refractivity contribution < 1.29 is 20.4 Å². The zero-order valence-electron chi connectivity index (χ0n) is 4.28. The van der Waals surface area contributed by atoms with Gasteiger partial charge in [-0.05, 0) is 6.42 Å². The monoisotopic (exact) mass is 150 g/mol. The van der Waals surface area contributed by atoms with Crippen LogP contribution in [0.1, 0.15) is 6.42 Å². The van der Waals surface area contributed by atoms with Crippen molar-refractivity contribution in [3.05, 3.63) is 24.3 Å². The Morgan fingerprint density at radius 1 is 1.38 bits per heavy atom. The van der Waals surface area contributed by atoms with Gasteiger partial charge in [0, 0.05) is 0 Å². The van der Waals surface area contributed by atoms with Crippen LogP contribution in [0.5, 0.6) is 0 Å². The minimum atomic E-state index is 1.14. The molecule has 1 nitrogen and oxygen atoms in total. The van der Waals surface area contributed by atoms with Crippen molar-refractivity contribution in [1.29, 1.82) is 0 Å². The van der Waals surface area contributed by atoms with Gasteiger partial charge in [-0.3, -0.25) is 0 Å². The summed E-state index contributed by atoms with van der Waals surface area (Å²) in [6.07, 6.45) is 9.50. The molecule has 8 heavy (non-hydrogen) atoms. The summed E-state index contributed by atoms with van der Waals surface area (Å²) in [5, 5.41) is 0. The van der Waals surface area contributed by atoms with E-state index in [0.717, 1.165) is 6.42 Å². The summed E-state index contributed by atoms with van der Waals surface area (Å²) in [5.41, 5.74) is 0. The van der Waals surface area contributed by atoms with Crippen molar-refractivity contribution in [2.75, 3.05) is 0 Å². The third kappa shape index (κ3) is 5.58. The Hall–Kier alpha value is -0.421. The fourth-order valence-corrected chi connectivity index (χ4v) is 0.393. The molecule has 1 aliphatic rings. The molecule has 0 saturated heterocycles. The van der Waals surface area contributed by atoms with Crippen LogP contribution in [-0.2, 0) is 20.4 Å². The van der Waals surface area contributed by atoms with Gasteiger partial charge < -0.3 is 0 Å². The quantitative estimate of drug-likeness (QED) is 0.472. The molecule has 0 unspecified atom stereocenters. The normalized spacial score (nSPS) is 12.1. The van der Waals surface area contributed by atoms with Crippen molar-refractivity contribution in [1.82, 2.24) is 0 Å². The van der Waals surface area contributed by atoms with Gasteiger partial charge in [-0.15, -0.1) is 0 Å². The van der Waals surface area contributed by atoms with Crippen molar-refractivity contribution in [2.24, 2.45) is 0 Å². The molecule has 2 heteroatoms. The molecule has 0 bridgehead atoms. The molecule has 1 aliphatic carbocycles. The van der Waals surface area contributed by atoms with E-state index in [-0.39, 0.29) is 0 Å². The summed E-state index contributed by atoms with van der Waals surface area (Å²) in [5.74, 6) is 0. The SMILES string of the molecule is C1=CCC=C1.O=[C]=[Fe].